The van der Waals surface area contributed by atoms with Crippen LogP contribution in [0, 0.1) is 10.1 Å². The van der Waals surface area contributed by atoms with Gasteiger partial charge in [0.1, 0.15) is 0 Å². The second-order valence-electron chi connectivity index (χ2n) is 2.47. The van der Waals surface area contributed by atoms with Crippen molar-refractivity contribution in [3.63, 3.8) is 0 Å². The van der Waals surface area contributed by atoms with Crippen LogP contribution in [-0.2, 0) is 4.79 Å². The zero-order valence-electron chi connectivity index (χ0n) is 7.21. The first-order chi connectivity index (χ1) is 6.74. The van der Waals surface area contributed by atoms with E-state index in [1.54, 1.807) is 18.2 Å². The molecule has 1 N–H and O–H groups in total. The van der Waals surface area contributed by atoms with Gasteiger partial charge in [-0.2, -0.15) is 0 Å². The van der Waals surface area contributed by atoms with Gasteiger partial charge in [-0.05, 0) is 23.8 Å². The van der Waals surface area contributed by atoms with Crippen LogP contribution in [0.25, 0.3) is 6.08 Å². The quantitative estimate of drug-likeness (QED) is 0.444. The number of nitro benzene ring substituents is 1. The summed E-state index contributed by atoms with van der Waals surface area (Å²) in [6, 6.07) is 6.00. The lowest BCUT2D eigenvalue weighted by atomic mass is 10.2. The lowest BCUT2D eigenvalue weighted by Crippen LogP contribution is -1.97. The van der Waals surface area contributed by atoms with E-state index in [2.05, 4.69) is 5.32 Å². The number of rotatable bonds is 4. The lowest BCUT2D eigenvalue weighted by molar-refractivity contribution is -0.384. The van der Waals surface area contributed by atoms with E-state index in [-0.39, 0.29) is 5.69 Å². The summed E-state index contributed by atoms with van der Waals surface area (Å²) in [4.78, 5) is 19.7. The molecule has 0 fully saturated rings. The number of amides is 1. The van der Waals surface area contributed by atoms with E-state index in [1.807, 2.05) is 0 Å². The van der Waals surface area contributed by atoms with Crippen LogP contribution in [0.5, 0.6) is 0 Å². The molecule has 5 heteroatoms. The monoisotopic (exact) mass is 192 g/mol. The van der Waals surface area contributed by atoms with Crippen molar-refractivity contribution in [3.8, 4) is 0 Å². The van der Waals surface area contributed by atoms with Gasteiger partial charge in [0.25, 0.3) is 5.69 Å². The Bertz CT molecular complexity index is 357. The zero-order chi connectivity index (χ0) is 10.4. The van der Waals surface area contributed by atoms with Crippen molar-refractivity contribution < 1.29 is 9.72 Å². The largest absolute Gasteiger partial charge is 0.335 e. The van der Waals surface area contributed by atoms with Crippen molar-refractivity contribution in [2.45, 2.75) is 0 Å². The maximum atomic E-state index is 10.3. The van der Waals surface area contributed by atoms with E-state index in [0.29, 0.717) is 6.41 Å². The van der Waals surface area contributed by atoms with Crippen LogP contribution in [-0.4, -0.2) is 11.3 Å². The predicted octanol–water partition coefficient (Wildman–Crippen LogP) is 1.31. The Morgan fingerprint density at radius 3 is 2.43 bits per heavy atom. The van der Waals surface area contributed by atoms with E-state index < -0.39 is 4.92 Å². The Morgan fingerprint density at radius 2 is 1.93 bits per heavy atom. The molecule has 1 amide bonds. The van der Waals surface area contributed by atoms with Crippen LogP contribution < -0.4 is 5.32 Å². The Kier molecular flexibility index (Phi) is 3.37. The third-order valence-corrected chi connectivity index (χ3v) is 1.54. The summed E-state index contributed by atoms with van der Waals surface area (Å²) in [5, 5.41) is 12.6. The first kappa shape index (κ1) is 9.91. The van der Waals surface area contributed by atoms with Gasteiger partial charge in [0.05, 0.1) is 4.92 Å². The first-order valence-corrected chi connectivity index (χ1v) is 3.85. The van der Waals surface area contributed by atoms with Crippen LogP contribution in [0.4, 0.5) is 5.69 Å². The summed E-state index contributed by atoms with van der Waals surface area (Å²) in [6.45, 7) is 0. The summed E-state index contributed by atoms with van der Waals surface area (Å²) >= 11 is 0. The van der Waals surface area contributed by atoms with Crippen molar-refractivity contribution in [2.75, 3.05) is 0 Å². The van der Waals surface area contributed by atoms with Crippen LogP contribution >= 0.6 is 0 Å². The second-order valence-corrected chi connectivity index (χ2v) is 2.47. The summed E-state index contributed by atoms with van der Waals surface area (Å²) < 4.78 is 0. The molecule has 0 aliphatic rings. The average Bonchev–Trinajstić information content (AvgIpc) is 2.19. The van der Waals surface area contributed by atoms with Gasteiger partial charge in [0.2, 0.25) is 6.41 Å². The highest BCUT2D eigenvalue weighted by Gasteiger charge is 2.01. The van der Waals surface area contributed by atoms with Gasteiger partial charge in [-0.1, -0.05) is 0 Å². The minimum atomic E-state index is -0.461. The SMILES string of the molecule is O=CN/C=C/c1ccc([N+](=O)[O-])cc1. The third kappa shape index (κ3) is 2.71. The number of hydrogen-bond donors (Lipinski definition) is 1. The average molecular weight is 192 g/mol. The number of benzene rings is 1. The third-order valence-electron chi connectivity index (χ3n) is 1.54. The molecular weight excluding hydrogens is 184 g/mol. The molecule has 0 spiro atoms. The van der Waals surface area contributed by atoms with Gasteiger partial charge in [0, 0.05) is 18.3 Å². The van der Waals surface area contributed by atoms with Crippen molar-refractivity contribution in [3.05, 3.63) is 46.1 Å². The van der Waals surface area contributed by atoms with Crippen LogP contribution in [0.2, 0.25) is 0 Å². The number of nitrogens with zero attached hydrogens (tertiary/aromatic N) is 1. The molecule has 0 aliphatic heterocycles. The van der Waals surface area contributed by atoms with E-state index in [0.717, 1.165) is 5.56 Å². The van der Waals surface area contributed by atoms with E-state index in [9.17, 15) is 14.9 Å². The highest BCUT2D eigenvalue weighted by molar-refractivity contribution is 5.56. The van der Waals surface area contributed by atoms with Gasteiger partial charge >= 0.3 is 0 Å². The molecule has 0 saturated heterocycles. The van der Waals surface area contributed by atoms with E-state index in [4.69, 9.17) is 0 Å². The molecule has 1 aromatic rings. The molecule has 0 bridgehead atoms. The fraction of sp³-hybridized carbons (Fsp3) is 0. The molecule has 0 aliphatic carbocycles. The number of nitrogens with one attached hydrogen (secondary N) is 1. The highest BCUT2D eigenvalue weighted by Crippen LogP contribution is 2.12. The van der Waals surface area contributed by atoms with Crippen LogP contribution in [0.15, 0.2) is 30.5 Å². The number of nitro groups is 1. The summed E-state index contributed by atoms with van der Waals surface area (Å²) in [6.07, 6.45) is 3.63. The predicted molar refractivity (Wildman–Crippen MR) is 51.3 cm³/mol. The molecule has 1 rings (SSSR count). The maximum absolute atomic E-state index is 10.3. The Morgan fingerprint density at radius 1 is 1.29 bits per heavy atom. The first-order valence-electron chi connectivity index (χ1n) is 3.85. The van der Waals surface area contributed by atoms with Crippen LogP contribution in [0.3, 0.4) is 0 Å². The molecule has 72 valence electrons. The summed E-state index contributed by atoms with van der Waals surface area (Å²) in [7, 11) is 0. The van der Waals surface area contributed by atoms with Crippen molar-refractivity contribution in [1.82, 2.24) is 5.32 Å². The maximum Gasteiger partial charge on any atom is 0.269 e. The van der Waals surface area contributed by atoms with Gasteiger partial charge in [-0.3, -0.25) is 14.9 Å². The van der Waals surface area contributed by atoms with Crippen molar-refractivity contribution in [2.24, 2.45) is 0 Å². The highest BCUT2D eigenvalue weighted by atomic mass is 16.6. The number of non-ortho nitro benzene ring substituents is 1. The summed E-state index contributed by atoms with van der Waals surface area (Å²) in [5.41, 5.74) is 0.829. The minimum absolute atomic E-state index is 0.0468. The van der Waals surface area contributed by atoms with Crippen LogP contribution in [0.1, 0.15) is 5.56 Å². The molecule has 0 unspecified atom stereocenters. The van der Waals surface area contributed by atoms with Gasteiger partial charge < -0.3 is 5.32 Å². The van der Waals surface area contributed by atoms with Crippen molar-refractivity contribution >= 4 is 18.2 Å². The molecule has 0 aromatic heterocycles. The van der Waals surface area contributed by atoms with E-state index in [1.165, 1.54) is 18.3 Å². The van der Waals surface area contributed by atoms with Crippen molar-refractivity contribution in [1.29, 1.82) is 0 Å². The zero-order valence-corrected chi connectivity index (χ0v) is 7.21. The molecule has 0 heterocycles. The molecular formula is C9H8N2O3. The number of carbonyl (C=O) groups is 1. The number of hydrogen-bond acceptors (Lipinski definition) is 3. The minimum Gasteiger partial charge on any atom is -0.335 e. The Hall–Kier alpha value is -2.17. The topological polar surface area (TPSA) is 72.2 Å². The fourth-order valence-corrected chi connectivity index (χ4v) is 0.891. The van der Waals surface area contributed by atoms with Gasteiger partial charge in [-0.25, -0.2) is 0 Å². The summed E-state index contributed by atoms with van der Waals surface area (Å²) in [5.74, 6) is 0. The fourth-order valence-electron chi connectivity index (χ4n) is 0.891. The Labute approximate surface area is 80.2 Å². The standard InChI is InChI=1S/C9H8N2O3/c12-7-10-6-5-8-1-3-9(4-2-8)11(13)14/h1-7H,(H,10,12)/b6-5+. The molecule has 0 atom stereocenters. The smallest absolute Gasteiger partial charge is 0.269 e. The molecule has 5 nitrogen and oxygen atoms in total. The normalized spacial score (nSPS) is 10.0. The second kappa shape index (κ2) is 4.76. The molecule has 14 heavy (non-hydrogen) atoms. The van der Waals surface area contributed by atoms with Gasteiger partial charge in [0.15, 0.2) is 0 Å². The number of carbonyl (C=O) groups excluding carboxylic acids is 1. The Balaban J connectivity index is 2.73. The van der Waals surface area contributed by atoms with E-state index >= 15 is 0 Å². The van der Waals surface area contributed by atoms with Gasteiger partial charge in [-0.15, -0.1) is 0 Å². The lowest BCUT2D eigenvalue weighted by Gasteiger charge is -1.92. The molecule has 1 aromatic carbocycles. The molecule has 0 saturated carbocycles. The molecule has 0 radical (unpaired) electrons.